The minimum Gasteiger partial charge on any atom is -0.352 e. The highest BCUT2D eigenvalue weighted by Gasteiger charge is 2.28. The van der Waals surface area contributed by atoms with Crippen LogP contribution in [0.3, 0.4) is 0 Å². The Morgan fingerprint density at radius 2 is 1.55 bits per heavy atom. The normalized spacial score (nSPS) is 15.1. The number of aryl methyl sites for hydroxylation is 3. The van der Waals surface area contributed by atoms with Crippen LogP contribution < -0.4 is 9.62 Å². The molecule has 2 amide bonds. The Balaban J connectivity index is 1.72. The number of sulfonamides is 1. The van der Waals surface area contributed by atoms with Crippen molar-refractivity contribution in [2.75, 3.05) is 17.1 Å². The fourth-order valence-electron chi connectivity index (χ4n) is 5.14. The molecule has 1 atom stereocenters. The molecule has 0 spiro atoms. The molecule has 0 aromatic heterocycles. The van der Waals surface area contributed by atoms with E-state index in [0.717, 1.165) is 47.9 Å². The number of amides is 2. The van der Waals surface area contributed by atoms with E-state index in [9.17, 15) is 18.0 Å². The van der Waals surface area contributed by atoms with E-state index in [0.29, 0.717) is 18.7 Å². The van der Waals surface area contributed by atoms with Gasteiger partial charge in [0.15, 0.2) is 0 Å². The van der Waals surface area contributed by atoms with Crippen LogP contribution in [0.25, 0.3) is 0 Å². The molecule has 2 aromatic carbocycles. The lowest BCUT2D eigenvalue weighted by atomic mass is 9.95. The van der Waals surface area contributed by atoms with E-state index in [4.69, 9.17) is 0 Å². The highest BCUT2D eigenvalue weighted by Crippen LogP contribution is 2.23. The fraction of sp³-hybridized carbons (Fsp3) is 0.533. The van der Waals surface area contributed by atoms with Gasteiger partial charge in [-0.25, -0.2) is 8.42 Å². The monoisotopic (exact) mass is 541 g/mol. The number of nitrogens with zero attached hydrogens (tertiary/aromatic N) is 2. The number of rotatable bonds is 11. The first-order valence-corrected chi connectivity index (χ1v) is 15.5. The van der Waals surface area contributed by atoms with Crippen LogP contribution in [0.5, 0.6) is 0 Å². The van der Waals surface area contributed by atoms with Gasteiger partial charge in [-0.1, -0.05) is 55.2 Å². The molecule has 0 saturated heterocycles. The molecule has 8 heteroatoms. The van der Waals surface area contributed by atoms with Gasteiger partial charge in [-0.3, -0.25) is 13.9 Å². The maximum atomic E-state index is 13.5. The number of carbonyl (C=O) groups excluding carboxylic acids is 2. The Bertz CT molecular complexity index is 1180. The molecular formula is C30H43N3O4S. The van der Waals surface area contributed by atoms with Gasteiger partial charge < -0.3 is 10.2 Å². The van der Waals surface area contributed by atoms with E-state index in [-0.39, 0.29) is 30.8 Å². The summed E-state index contributed by atoms with van der Waals surface area (Å²) in [5.41, 5.74) is 4.64. The zero-order valence-electron chi connectivity index (χ0n) is 23.5. The summed E-state index contributed by atoms with van der Waals surface area (Å²) >= 11 is 0. The van der Waals surface area contributed by atoms with Gasteiger partial charge in [0.1, 0.15) is 6.04 Å². The molecule has 3 rings (SSSR count). The van der Waals surface area contributed by atoms with Gasteiger partial charge in [0, 0.05) is 25.6 Å². The van der Waals surface area contributed by atoms with Crippen molar-refractivity contribution in [2.24, 2.45) is 0 Å². The second-order valence-corrected chi connectivity index (χ2v) is 12.7. The predicted octanol–water partition coefficient (Wildman–Crippen LogP) is 5.02. The van der Waals surface area contributed by atoms with Gasteiger partial charge in [0.2, 0.25) is 21.8 Å². The highest BCUT2D eigenvalue weighted by atomic mass is 32.2. The third kappa shape index (κ3) is 8.58. The van der Waals surface area contributed by atoms with Gasteiger partial charge in [-0.05, 0) is 75.8 Å². The van der Waals surface area contributed by atoms with Crippen LogP contribution in [0.15, 0.2) is 42.5 Å². The van der Waals surface area contributed by atoms with E-state index < -0.39 is 16.1 Å². The summed E-state index contributed by atoms with van der Waals surface area (Å²) in [5, 5.41) is 3.15. The van der Waals surface area contributed by atoms with Crippen molar-refractivity contribution in [3.63, 3.8) is 0 Å². The summed E-state index contributed by atoms with van der Waals surface area (Å²) < 4.78 is 26.6. The summed E-state index contributed by atoms with van der Waals surface area (Å²) in [5.74, 6) is -0.295. The summed E-state index contributed by atoms with van der Waals surface area (Å²) in [6.45, 7) is 8.17. The number of anilines is 1. The minimum atomic E-state index is -3.52. The maximum absolute atomic E-state index is 13.5. The first-order chi connectivity index (χ1) is 17.9. The number of carbonyl (C=O) groups is 2. The second-order valence-electron chi connectivity index (χ2n) is 10.8. The topological polar surface area (TPSA) is 86.8 Å². The molecule has 0 aliphatic heterocycles. The Hall–Kier alpha value is -2.87. The summed E-state index contributed by atoms with van der Waals surface area (Å²) in [6, 6.07) is 13.2. The van der Waals surface area contributed by atoms with E-state index in [2.05, 4.69) is 5.32 Å². The number of benzene rings is 2. The minimum absolute atomic E-state index is 0.134. The van der Waals surface area contributed by atoms with Crippen LogP contribution in [0, 0.1) is 20.8 Å². The lowest BCUT2D eigenvalue weighted by molar-refractivity contribution is -0.141. The quantitative estimate of drug-likeness (QED) is 0.433. The Kier molecular flexibility index (Phi) is 10.4. The molecule has 2 aromatic rings. The Labute approximate surface area is 228 Å². The maximum Gasteiger partial charge on any atom is 0.242 e. The van der Waals surface area contributed by atoms with Crippen LogP contribution in [-0.2, 0) is 26.2 Å². The lowest BCUT2D eigenvalue weighted by Crippen LogP contribution is -2.50. The molecule has 1 aliphatic carbocycles. The summed E-state index contributed by atoms with van der Waals surface area (Å²) in [7, 11) is -3.52. The van der Waals surface area contributed by atoms with Crippen LogP contribution in [-0.4, -0.2) is 50.0 Å². The zero-order valence-corrected chi connectivity index (χ0v) is 24.3. The molecule has 0 bridgehead atoms. The first kappa shape index (κ1) is 29.7. The van der Waals surface area contributed by atoms with E-state index in [1.54, 1.807) is 11.8 Å². The summed E-state index contributed by atoms with van der Waals surface area (Å²) in [4.78, 5) is 28.3. The highest BCUT2D eigenvalue weighted by molar-refractivity contribution is 7.92. The van der Waals surface area contributed by atoms with Crippen LogP contribution in [0.2, 0.25) is 0 Å². The number of nitrogens with one attached hydrogen (secondary N) is 1. The molecule has 1 N–H and O–H groups in total. The van der Waals surface area contributed by atoms with Gasteiger partial charge in [-0.15, -0.1) is 0 Å². The van der Waals surface area contributed by atoms with Crippen molar-refractivity contribution in [1.82, 2.24) is 10.2 Å². The van der Waals surface area contributed by atoms with Crippen molar-refractivity contribution in [1.29, 1.82) is 0 Å². The molecule has 0 radical (unpaired) electrons. The Morgan fingerprint density at radius 1 is 0.947 bits per heavy atom. The summed E-state index contributed by atoms with van der Waals surface area (Å²) in [6.07, 6.45) is 7.06. The van der Waals surface area contributed by atoms with Crippen LogP contribution in [0.4, 0.5) is 5.69 Å². The number of hydrogen-bond acceptors (Lipinski definition) is 4. The van der Waals surface area contributed by atoms with Gasteiger partial charge in [0.25, 0.3) is 0 Å². The fourth-order valence-corrected chi connectivity index (χ4v) is 6.09. The van der Waals surface area contributed by atoms with E-state index >= 15 is 0 Å². The van der Waals surface area contributed by atoms with Crippen molar-refractivity contribution in [3.8, 4) is 0 Å². The van der Waals surface area contributed by atoms with Gasteiger partial charge in [-0.2, -0.15) is 0 Å². The van der Waals surface area contributed by atoms with Crippen molar-refractivity contribution in [3.05, 3.63) is 64.7 Å². The average molecular weight is 542 g/mol. The van der Waals surface area contributed by atoms with Crippen molar-refractivity contribution >= 4 is 27.5 Å². The lowest BCUT2D eigenvalue weighted by Gasteiger charge is -2.31. The largest absolute Gasteiger partial charge is 0.352 e. The van der Waals surface area contributed by atoms with Crippen LogP contribution in [0.1, 0.15) is 74.1 Å². The van der Waals surface area contributed by atoms with E-state index in [1.807, 2.05) is 63.2 Å². The third-order valence-electron chi connectivity index (χ3n) is 7.24. The second kappa shape index (κ2) is 13.3. The number of hydrogen-bond donors (Lipinski definition) is 1. The molecular weight excluding hydrogens is 498 g/mol. The standard InChI is InChI=1S/C30H43N3O4S/c1-22-13-15-26(16-14-22)21-32(25(4)30(35)31-27-10-7-6-8-11-27)29(34)12-9-17-33(38(5,36)37)28-19-23(2)18-24(3)20-28/h13-16,18-20,25,27H,6-12,17,21H2,1-5H3,(H,31,35)/t25-/m1/s1. The molecule has 38 heavy (non-hydrogen) atoms. The molecule has 1 saturated carbocycles. The molecule has 1 fully saturated rings. The third-order valence-corrected chi connectivity index (χ3v) is 8.43. The van der Waals surface area contributed by atoms with Crippen molar-refractivity contribution < 1.29 is 18.0 Å². The zero-order chi connectivity index (χ0) is 27.9. The molecule has 7 nitrogen and oxygen atoms in total. The Morgan fingerprint density at radius 3 is 2.13 bits per heavy atom. The predicted molar refractivity (Wildman–Crippen MR) is 154 cm³/mol. The smallest absolute Gasteiger partial charge is 0.242 e. The molecule has 0 unspecified atom stereocenters. The SMILES string of the molecule is Cc1ccc(CN(C(=O)CCCN(c2cc(C)cc(C)c2)S(C)(=O)=O)[C@H](C)C(=O)NC2CCCCC2)cc1. The average Bonchev–Trinajstić information content (AvgIpc) is 2.85. The molecule has 0 heterocycles. The van der Waals surface area contributed by atoms with Crippen LogP contribution >= 0.6 is 0 Å². The molecule has 1 aliphatic rings. The van der Waals surface area contributed by atoms with Crippen molar-refractivity contribution in [2.45, 2.75) is 91.3 Å². The van der Waals surface area contributed by atoms with Gasteiger partial charge in [0.05, 0.1) is 11.9 Å². The first-order valence-electron chi connectivity index (χ1n) is 13.7. The van der Waals surface area contributed by atoms with Gasteiger partial charge >= 0.3 is 0 Å². The van der Waals surface area contributed by atoms with E-state index in [1.165, 1.54) is 17.0 Å². The molecule has 208 valence electrons.